The number of urea groups is 1. The highest BCUT2D eigenvalue weighted by Crippen LogP contribution is 2.03. The van der Waals surface area contributed by atoms with Crippen LogP contribution >= 0.6 is 0 Å². The van der Waals surface area contributed by atoms with Crippen LogP contribution in [0.2, 0.25) is 0 Å². The standard InChI is InChI=1S/C10H14N2O2/c1-8(2)14-12-10(13)11-9-6-4-3-5-7-9/h3-8H,1-2H3,(H2,11,12,13). The average molecular weight is 194 g/mol. The Morgan fingerprint density at radius 2 is 1.93 bits per heavy atom. The van der Waals surface area contributed by atoms with E-state index in [4.69, 9.17) is 4.84 Å². The SMILES string of the molecule is CC(C)ONC(=O)Nc1ccccc1. The molecular weight excluding hydrogens is 180 g/mol. The molecule has 0 aliphatic rings. The van der Waals surface area contributed by atoms with Crippen LogP contribution in [0.25, 0.3) is 0 Å². The molecule has 2 N–H and O–H groups in total. The molecule has 1 aromatic rings. The van der Waals surface area contributed by atoms with E-state index in [0.29, 0.717) is 0 Å². The minimum absolute atomic E-state index is 0.0310. The van der Waals surface area contributed by atoms with Crippen LogP contribution in [0.5, 0.6) is 0 Å². The molecule has 0 spiro atoms. The van der Waals surface area contributed by atoms with E-state index in [1.165, 1.54) is 0 Å². The largest absolute Gasteiger partial charge is 0.343 e. The molecule has 0 saturated carbocycles. The highest BCUT2D eigenvalue weighted by Gasteiger charge is 2.01. The fourth-order valence-corrected chi connectivity index (χ4v) is 0.849. The van der Waals surface area contributed by atoms with Gasteiger partial charge in [0.05, 0.1) is 6.10 Å². The summed E-state index contributed by atoms with van der Waals surface area (Å²) in [7, 11) is 0. The summed E-state index contributed by atoms with van der Waals surface area (Å²) in [4.78, 5) is 16.1. The highest BCUT2D eigenvalue weighted by molar-refractivity contribution is 5.88. The van der Waals surface area contributed by atoms with Crippen LogP contribution in [0.4, 0.5) is 10.5 Å². The van der Waals surface area contributed by atoms with Crippen molar-refractivity contribution in [2.24, 2.45) is 0 Å². The number of hydroxylamine groups is 1. The van der Waals surface area contributed by atoms with Gasteiger partial charge < -0.3 is 5.32 Å². The topological polar surface area (TPSA) is 50.4 Å². The van der Waals surface area contributed by atoms with E-state index in [1.807, 2.05) is 32.0 Å². The highest BCUT2D eigenvalue weighted by atomic mass is 16.7. The predicted octanol–water partition coefficient (Wildman–Crippen LogP) is 2.15. The lowest BCUT2D eigenvalue weighted by molar-refractivity contribution is 0.0199. The molecule has 0 aromatic heterocycles. The number of carbonyl (C=O) groups is 1. The van der Waals surface area contributed by atoms with Gasteiger partial charge in [0, 0.05) is 5.69 Å². The van der Waals surface area contributed by atoms with Crippen molar-refractivity contribution in [3.8, 4) is 0 Å². The molecule has 4 heteroatoms. The van der Waals surface area contributed by atoms with Crippen LogP contribution in [0.15, 0.2) is 30.3 Å². The third kappa shape index (κ3) is 3.91. The van der Waals surface area contributed by atoms with Crippen LogP contribution in [0.1, 0.15) is 13.8 Å². The lowest BCUT2D eigenvalue weighted by Gasteiger charge is -2.09. The zero-order valence-electron chi connectivity index (χ0n) is 8.28. The Bertz CT molecular complexity index is 285. The van der Waals surface area contributed by atoms with Crippen LogP contribution in [-0.4, -0.2) is 12.1 Å². The molecule has 0 saturated heterocycles. The molecule has 76 valence electrons. The first kappa shape index (κ1) is 10.5. The van der Waals surface area contributed by atoms with Gasteiger partial charge in [-0.25, -0.2) is 10.3 Å². The number of carbonyl (C=O) groups excluding carboxylic acids is 1. The Balaban J connectivity index is 2.35. The van der Waals surface area contributed by atoms with Crippen LogP contribution in [0, 0.1) is 0 Å². The van der Waals surface area contributed by atoms with Gasteiger partial charge in [0.2, 0.25) is 0 Å². The van der Waals surface area contributed by atoms with Gasteiger partial charge in [-0.05, 0) is 26.0 Å². The third-order valence-electron chi connectivity index (χ3n) is 1.42. The van der Waals surface area contributed by atoms with Gasteiger partial charge in [0.15, 0.2) is 0 Å². The van der Waals surface area contributed by atoms with Crippen molar-refractivity contribution in [2.45, 2.75) is 20.0 Å². The zero-order valence-corrected chi connectivity index (χ0v) is 8.28. The van der Waals surface area contributed by atoms with Gasteiger partial charge >= 0.3 is 6.03 Å². The number of nitrogens with one attached hydrogen (secondary N) is 2. The molecule has 0 atom stereocenters. The van der Waals surface area contributed by atoms with Gasteiger partial charge in [-0.1, -0.05) is 18.2 Å². The molecule has 0 unspecified atom stereocenters. The minimum atomic E-state index is -0.370. The molecule has 14 heavy (non-hydrogen) atoms. The molecule has 4 nitrogen and oxygen atoms in total. The summed E-state index contributed by atoms with van der Waals surface area (Å²) >= 11 is 0. The fourth-order valence-electron chi connectivity index (χ4n) is 0.849. The molecule has 0 aliphatic carbocycles. The monoisotopic (exact) mass is 194 g/mol. The first-order valence-corrected chi connectivity index (χ1v) is 4.46. The lowest BCUT2D eigenvalue weighted by atomic mass is 10.3. The Hall–Kier alpha value is -1.55. The summed E-state index contributed by atoms with van der Waals surface area (Å²) in [6, 6.07) is 8.81. The minimum Gasteiger partial charge on any atom is -0.306 e. The van der Waals surface area contributed by atoms with E-state index in [2.05, 4.69) is 10.8 Å². The number of rotatable bonds is 3. The molecule has 2 amide bonds. The number of hydrogen-bond donors (Lipinski definition) is 2. The Labute approximate surface area is 83.2 Å². The van der Waals surface area contributed by atoms with Crippen molar-refractivity contribution >= 4 is 11.7 Å². The number of benzene rings is 1. The predicted molar refractivity (Wildman–Crippen MR) is 54.8 cm³/mol. The first-order chi connectivity index (χ1) is 6.68. The fraction of sp³-hybridized carbons (Fsp3) is 0.300. The number of hydrogen-bond acceptors (Lipinski definition) is 2. The molecule has 0 aliphatic heterocycles. The Morgan fingerprint density at radius 1 is 1.29 bits per heavy atom. The maximum atomic E-state index is 11.2. The van der Waals surface area contributed by atoms with Crippen molar-refractivity contribution in [2.75, 3.05) is 5.32 Å². The summed E-state index contributed by atoms with van der Waals surface area (Å²) in [5, 5.41) is 2.62. The average Bonchev–Trinajstić information content (AvgIpc) is 2.16. The zero-order chi connectivity index (χ0) is 10.4. The summed E-state index contributed by atoms with van der Waals surface area (Å²) in [5.74, 6) is 0. The van der Waals surface area contributed by atoms with Gasteiger partial charge in [-0.3, -0.25) is 4.84 Å². The summed E-state index contributed by atoms with van der Waals surface area (Å²) in [6.07, 6.45) is -0.0310. The van der Waals surface area contributed by atoms with Crippen molar-refractivity contribution < 1.29 is 9.63 Å². The first-order valence-electron chi connectivity index (χ1n) is 4.46. The summed E-state index contributed by atoms with van der Waals surface area (Å²) < 4.78 is 0. The quantitative estimate of drug-likeness (QED) is 0.724. The Morgan fingerprint density at radius 3 is 2.50 bits per heavy atom. The molecule has 0 radical (unpaired) electrons. The second kappa shape index (κ2) is 5.24. The van der Waals surface area contributed by atoms with Gasteiger partial charge in [-0.2, -0.15) is 0 Å². The molecule has 0 fully saturated rings. The second-order valence-corrected chi connectivity index (χ2v) is 3.09. The normalized spacial score (nSPS) is 9.93. The number of para-hydroxylation sites is 1. The van der Waals surface area contributed by atoms with E-state index in [-0.39, 0.29) is 12.1 Å². The van der Waals surface area contributed by atoms with E-state index in [0.717, 1.165) is 5.69 Å². The molecule has 1 rings (SSSR count). The molecule has 1 aromatic carbocycles. The third-order valence-corrected chi connectivity index (χ3v) is 1.42. The molecule has 0 bridgehead atoms. The van der Waals surface area contributed by atoms with Crippen LogP contribution in [-0.2, 0) is 4.84 Å². The van der Waals surface area contributed by atoms with Crippen molar-refractivity contribution in [1.29, 1.82) is 0 Å². The van der Waals surface area contributed by atoms with Crippen LogP contribution < -0.4 is 10.8 Å². The van der Waals surface area contributed by atoms with Crippen molar-refractivity contribution in [3.05, 3.63) is 30.3 Å². The van der Waals surface area contributed by atoms with E-state index >= 15 is 0 Å². The lowest BCUT2D eigenvalue weighted by Crippen LogP contribution is -2.31. The van der Waals surface area contributed by atoms with Gasteiger partial charge in [-0.15, -0.1) is 0 Å². The van der Waals surface area contributed by atoms with Crippen LogP contribution in [0.3, 0.4) is 0 Å². The number of amides is 2. The molecular formula is C10H14N2O2. The molecule has 0 heterocycles. The van der Waals surface area contributed by atoms with E-state index < -0.39 is 0 Å². The Kier molecular flexibility index (Phi) is 3.94. The van der Waals surface area contributed by atoms with Gasteiger partial charge in [0.25, 0.3) is 0 Å². The van der Waals surface area contributed by atoms with Crippen molar-refractivity contribution in [1.82, 2.24) is 5.48 Å². The number of anilines is 1. The summed E-state index contributed by atoms with van der Waals surface area (Å²) in [5.41, 5.74) is 3.01. The van der Waals surface area contributed by atoms with E-state index in [9.17, 15) is 4.79 Å². The smallest absolute Gasteiger partial charge is 0.306 e. The van der Waals surface area contributed by atoms with Crippen molar-refractivity contribution in [3.63, 3.8) is 0 Å². The summed E-state index contributed by atoms with van der Waals surface area (Å²) in [6.45, 7) is 3.67. The van der Waals surface area contributed by atoms with Gasteiger partial charge in [0.1, 0.15) is 0 Å². The second-order valence-electron chi connectivity index (χ2n) is 3.09. The maximum Gasteiger partial charge on any atom is 0.343 e. The van der Waals surface area contributed by atoms with E-state index in [1.54, 1.807) is 12.1 Å². The maximum absolute atomic E-state index is 11.2.